The molecular weight excluding hydrogens is 488 g/mol. The molecule has 2 fully saturated rings. The highest BCUT2D eigenvalue weighted by molar-refractivity contribution is 6.30. The number of halogens is 1. The number of hydrogen-bond donors (Lipinski definition) is 0. The summed E-state index contributed by atoms with van der Waals surface area (Å²) in [6, 6.07) is 9.95. The highest BCUT2D eigenvalue weighted by Gasteiger charge is 2.26. The van der Waals surface area contributed by atoms with Gasteiger partial charge in [0, 0.05) is 61.8 Å². The third-order valence-corrected chi connectivity index (χ3v) is 7.89. The van der Waals surface area contributed by atoms with E-state index in [4.69, 9.17) is 21.0 Å². The number of benzene rings is 1. The molecule has 2 aromatic heterocycles. The van der Waals surface area contributed by atoms with E-state index >= 15 is 0 Å². The zero-order valence-corrected chi connectivity index (χ0v) is 22.9. The summed E-state index contributed by atoms with van der Waals surface area (Å²) in [5.41, 5.74) is 3.48. The second-order valence-electron chi connectivity index (χ2n) is 10.5. The lowest BCUT2D eigenvalue weighted by atomic mass is 9.96. The van der Waals surface area contributed by atoms with Crippen molar-refractivity contribution in [3.05, 3.63) is 52.5 Å². The molecule has 1 amide bonds. The fourth-order valence-corrected chi connectivity index (χ4v) is 5.55. The minimum absolute atomic E-state index is 0.171. The minimum atomic E-state index is 0.171. The largest absolute Gasteiger partial charge is 0.426 e. The van der Waals surface area contributed by atoms with Gasteiger partial charge in [0.1, 0.15) is 11.5 Å². The molecule has 0 radical (unpaired) electrons. The standard InChI is InChI=1S/C28H37ClN6O2/c1-20-18-21(2)35(31-20)28-30-27(23-4-6-24(29)7-5-23)25(37-28)8-9-26(36)34-16-14-33(15-17-34)19-22-10-12-32(3)13-11-22/h4-7,18,22H,8-17,19H2,1-3H3. The molecule has 5 rings (SSSR count). The molecule has 1 aromatic carbocycles. The van der Waals surface area contributed by atoms with Gasteiger partial charge in [0.05, 0.1) is 5.69 Å². The molecule has 8 nitrogen and oxygen atoms in total. The van der Waals surface area contributed by atoms with E-state index in [-0.39, 0.29) is 5.91 Å². The number of hydrogen-bond acceptors (Lipinski definition) is 6. The third kappa shape index (κ3) is 6.25. The van der Waals surface area contributed by atoms with Crippen LogP contribution in [0.15, 0.2) is 34.7 Å². The van der Waals surface area contributed by atoms with Crippen molar-refractivity contribution in [2.45, 2.75) is 39.5 Å². The van der Waals surface area contributed by atoms with Crippen LogP contribution in [0, 0.1) is 19.8 Å². The number of piperazine rings is 1. The maximum Gasteiger partial charge on any atom is 0.323 e. The molecule has 37 heavy (non-hydrogen) atoms. The number of piperidine rings is 1. The molecule has 3 aromatic rings. The number of likely N-dealkylation sites (tertiary alicyclic amines) is 1. The molecule has 198 valence electrons. The van der Waals surface area contributed by atoms with E-state index in [9.17, 15) is 4.79 Å². The summed E-state index contributed by atoms with van der Waals surface area (Å²) in [5, 5.41) is 5.19. The second kappa shape index (κ2) is 11.4. The summed E-state index contributed by atoms with van der Waals surface area (Å²) in [6.07, 6.45) is 3.44. The summed E-state index contributed by atoms with van der Waals surface area (Å²) in [4.78, 5) is 24.9. The molecular formula is C28H37ClN6O2. The summed E-state index contributed by atoms with van der Waals surface area (Å²) in [7, 11) is 2.21. The van der Waals surface area contributed by atoms with Gasteiger partial charge < -0.3 is 14.2 Å². The zero-order valence-electron chi connectivity index (χ0n) is 22.1. The summed E-state index contributed by atoms with van der Waals surface area (Å²) in [6.45, 7) is 11.0. The molecule has 2 aliphatic rings. The second-order valence-corrected chi connectivity index (χ2v) is 11.0. The lowest BCUT2D eigenvalue weighted by Gasteiger charge is -2.38. The monoisotopic (exact) mass is 524 g/mol. The number of aryl methyl sites for hydroxylation is 3. The van der Waals surface area contributed by atoms with E-state index in [1.165, 1.54) is 25.9 Å². The van der Waals surface area contributed by atoms with Gasteiger partial charge in [0.15, 0.2) is 0 Å². The van der Waals surface area contributed by atoms with Crippen LogP contribution in [0.2, 0.25) is 5.02 Å². The van der Waals surface area contributed by atoms with Crippen molar-refractivity contribution in [2.24, 2.45) is 5.92 Å². The third-order valence-electron chi connectivity index (χ3n) is 7.64. The molecule has 4 heterocycles. The summed E-state index contributed by atoms with van der Waals surface area (Å²) >= 11 is 6.11. The van der Waals surface area contributed by atoms with Gasteiger partial charge in [-0.1, -0.05) is 23.7 Å². The Labute approximate surface area is 224 Å². The number of aromatic nitrogens is 3. The van der Waals surface area contributed by atoms with Gasteiger partial charge in [-0.2, -0.15) is 14.8 Å². The molecule has 0 unspecified atom stereocenters. The van der Waals surface area contributed by atoms with Gasteiger partial charge in [-0.3, -0.25) is 9.69 Å². The number of carbonyl (C=O) groups is 1. The van der Waals surface area contributed by atoms with E-state index in [0.29, 0.717) is 29.6 Å². The molecule has 0 bridgehead atoms. The lowest BCUT2D eigenvalue weighted by Crippen LogP contribution is -2.50. The Morgan fingerprint density at radius 3 is 2.41 bits per heavy atom. The first kappa shape index (κ1) is 25.9. The van der Waals surface area contributed by atoms with Gasteiger partial charge in [-0.25, -0.2) is 0 Å². The predicted molar refractivity (Wildman–Crippen MR) is 145 cm³/mol. The average molecular weight is 525 g/mol. The number of rotatable bonds is 7. The molecule has 2 aliphatic heterocycles. The van der Waals surface area contributed by atoms with E-state index in [1.807, 2.05) is 49.1 Å². The topological polar surface area (TPSA) is 70.6 Å². The van der Waals surface area contributed by atoms with Crippen LogP contribution >= 0.6 is 11.6 Å². The van der Waals surface area contributed by atoms with Gasteiger partial charge >= 0.3 is 6.01 Å². The lowest BCUT2D eigenvalue weighted by molar-refractivity contribution is -0.133. The Hall–Kier alpha value is -2.68. The quantitative estimate of drug-likeness (QED) is 0.461. The Bertz CT molecular complexity index is 1200. The predicted octanol–water partition coefficient (Wildman–Crippen LogP) is 4.22. The molecule has 0 spiro atoms. The Kier molecular flexibility index (Phi) is 7.98. The van der Waals surface area contributed by atoms with Gasteiger partial charge in [0.25, 0.3) is 0 Å². The molecule has 9 heteroatoms. The van der Waals surface area contributed by atoms with Gasteiger partial charge in [-0.15, -0.1) is 0 Å². The van der Waals surface area contributed by atoms with Crippen molar-refractivity contribution in [3.63, 3.8) is 0 Å². The normalized spacial score (nSPS) is 18.0. The van der Waals surface area contributed by atoms with Crippen molar-refractivity contribution in [3.8, 4) is 17.3 Å². The Balaban J connectivity index is 1.22. The minimum Gasteiger partial charge on any atom is -0.426 e. The van der Waals surface area contributed by atoms with Crippen LogP contribution in [-0.2, 0) is 11.2 Å². The fourth-order valence-electron chi connectivity index (χ4n) is 5.42. The van der Waals surface area contributed by atoms with Crippen LogP contribution in [-0.4, -0.2) is 88.2 Å². The van der Waals surface area contributed by atoms with Crippen LogP contribution in [0.25, 0.3) is 17.3 Å². The number of carbonyl (C=O) groups excluding carboxylic acids is 1. The number of amides is 1. The zero-order chi connectivity index (χ0) is 25.9. The molecule has 0 atom stereocenters. The van der Waals surface area contributed by atoms with E-state index in [1.54, 1.807) is 4.68 Å². The van der Waals surface area contributed by atoms with Crippen molar-refractivity contribution in [2.75, 3.05) is 52.9 Å². The van der Waals surface area contributed by atoms with Gasteiger partial charge in [0.2, 0.25) is 5.91 Å². The first-order valence-corrected chi connectivity index (χ1v) is 13.7. The molecule has 0 N–H and O–H groups in total. The maximum atomic E-state index is 13.1. The first-order chi connectivity index (χ1) is 17.9. The van der Waals surface area contributed by atoms with Crippen LogP contribution in [0.3, 0.4) is 0 Å². The van der Waals surface area contributed by atoms with Crippen LogP contribution in [0.4, 0.5) is 0 Å². The molecule has 0 saturated carbocycles. The molecule has 2 saturated heterocycles. The Morgan fingerprint density at radius 1 is 1.05 bits per heavy atom. The summed E-state index contributed by atoms with van der Waals surface area (Å²) < 4.78 is 7.91. The Morgan fingerprint density at radius 2 is 1.76 bits per heavy atom. The number of oxazole rings is 1. The maximum absolute atomic E-state index is 13.1. The highest BCUT2D eigenvalue weighted by Crippen LogP contribution is 2.29. The smallest absolute Gasteiger partial charge is 0.323 e. The van der Waals surface area contributed by atoms with Crippen molar-refractivity contribution in [1.29, 1.82) is 0 Å². The van der Waals surface area contributed by atoms with Crippen molar-refractivity contribution in [1.82, 2.24) is 29.5 Å². The van der Waals surface area contributed by atoms with Crippen LogP contribution in [0.5, 0.6) is 0 Å². The highest BCUT2D eigenvalue weighted by atomic mass is 35.5. The van der Waals surface area contributed by atoms with Crippen LogP contribution in [0.1, 0.15) is 36.4 Å². The SMILES string of the molecule is Cc1cc(C)n(-c2nc(-c3ccc(Cl)cc3)c(CCC(=O)N3CCN(CC4CCN(C)CC4)CC3)o2)n1. The average Bonchev–Trinajstić information content (AvgIpc) is 3.47. The van der Waals surface area contributed by atoms with Crippen LogP contribution < -0.4 is 0 Å². The molecule has 0 aliphatic carbocycles. The number of nitrogens with zero attached hydrogens (tertiary/aromatic N) is 6. The van der Waals surface area contributed by atoms with Gasteiger partial charge in [-0.05, 0) is 70.9 Å². The fraction of sp³-hybridized carbons (Fsp3) is 0.536. The van der Waals surface area contributed by atoms with E-state index in [0.717, 1.165) is 61.3 Å². The van der Waals surface area contributed by atoms with E-state index in [2.05, 4.69) is 21.9 Å². The van der Waals surface area contributed by atoms with E-state index < -0.39 is 0 Å². The first-order valence-electron chi connectivity index (χ1n) is 13.3. The van der Waals surface area contributed by atoms with Crippen molar-refractivity contribution < 1.29 is 9.21 Å². The summed E-state index contributed by atoms with van der Waals surface area (Å²) in [5.74, 6) is 1.65. The van der Waals surface area contributed by atoms with Crippen molar-refractivity contribution >= 4 is 17.5 Å².